The molecule has 28 heavy (non-hydrogen) atoms. The van der Waals surface area contributed by atoms with Gasteiger partial charge in [-0.2, -0.15) is 0 Å². The number of aryl methyl sites for hydroxylation is 1. The Bertz CT molecular complexity index is 1090. The van der Waals surface area contributed by atoms with Gasteiger partial charge < -0.3 is 14.7 Å². The molecule has 0 fully saturated rings. The largest absolute Gasteiger partial charge is 0.510 e. The third kappa shape index (κ3) is 3.15. The van der Waals surface area contributed by atoms with Crippen molar-refractivity contribution in [1.82, 2.24) is 4.98 Å². The number of rotatable bonds is 4. The van der Waals surface area contributed by atoms with Crippen molar-refractivity contribution < 1.29 is 9.84 Å². The molecule has 2 N–H and O–H groups in total. The van der Waals surface area contributed by atoms with Crippen molar-refractivity contribution >= 4 is 40.0 Å². The van der Waals surface area contributed by atoms with Crippen molar-refractivity contribution in [1.29, 1.82) is 5.41 Å². The van der Waals surface area contributed by atoms with Crippen molar-refractivity contribution in [3.63, 3.8) is 0 Å². The standard InChI is InChI=1S/C21H18ClN3O2S/c1-12-19(13-6-4-3-5-7-13)24-21(28-12)18-16(26)11-25(20(18)23)14-8-9-17(27-2)15(22)10-14/h3-10,23,26H,11H2,1-2H3. The van der Waals surface area contributed by atoms with E-state index in [1.54, 1.807) is 24.1 Å². The molecule has 2 aromatic carbocycles. The number of hydrogen-bond donors (Lipinski definition) is 2. The Labute approximate surface area is 172 Å². The minimum Gasteiger partial charge on any atom is -0.510 e. The van der Waals surface area contributed by atoms with Gasteiger partial charge in [-0.25, -0.2) is 4.98 Å². The number of hydrogen-bond acceptors (Lipinski definition) is 5. The normalized spacial score (nSPS) is 14.1. The first-order chi connectivity index (χ1) is 13.5. The molecule has 5 nitrogen and oxygen atoms in total. The average molecular weight is 412 g/mol. The fraction of sp³-hybridized carbons (Fsp3) is 0.143. The third-order valence-corrected chi connectivity index (χ3v) is 5.89. The van der Waals surface area contributed by atoms with Gasteiger partial charge in [0.05, 0.1) is 29.9 Å². The SMILES string of the molecule is COc1ccc(N2CC(O)=C(c3nc(-c4ccccc4)c(C)s3)C2=N)cc1Cl. The highest BCUT2D eigenvalue weighted by Crippen LogP contribution is 2.38. The summed E-state index contributed by atoms with van der Waals surface area (Å²) in [5.41, 5.74) is 3.07. The summed E-state index contributed by atoms with van der Waals surface area (Å²) in [5, 5.41) is 20.3. The number of benzene rings is 2. The molecule has 0 atom stereocenters. The van der Waals surface area contributed by atoms with E-state index in [1.807, 2.05) is 43.3 Å². The molecular weight excluding hydrogens is 394 g/mol. The number of aliphatic hydroxyl groups excluding tert-OH is 1. The van der Waals surface area contributed by atoms with E-state index in [2.05, 4.69) is 0 Å². The Morgan fingerprint density at radius 1 is 1.21 bits per heavy atom. The van der Waals surface area contributed by atoms with Crippen LogP contribution in [0.2, 0.25) is 5.02 Å². The Kier molecular flexibility index (Phi) is 4.83. The minimum atomic E-state index is 0.130. The van der Waals surface area contributed by atoms with Gasteiger partial charge in [-0.1, -0.05) is 41.9 Å². The van der Waals surface area contributed by atoms with Crippen molar-refractivity contribution in [2.45, 2.75) is 6.92 Å². The third-order valence-electron chi connectivity index (χ3n) is 4.61. The van der Waals surface area contributed by atoms with Crippen molar-refractivity contribution in [2.75, 3.05) is 18.6 Å². The van der Waals surface area contributed by atoms with Crippen molar-refractivity contribution in [3.8, 4) is 17.0 Å². The predicted molar refractivity (Wildman–Crippen MR) is 115 cm³/mol. The van der Waals surface area contributed by atoms with E-state index in [1.165, 1.54) is 11.3 Å². The zero-order valence-electron chi connectivity index (χ0n) is 15.4. The van der Waals surface area contributed by atoms with Crippen LogP contribution in [0.5, 0.6) is 5.75 Å². The Hall–Kier alpha value is -2.83. The highest BCUT2D eigenvalue weighted by atomic mass is 35.5. The number of anilines is 1. The molecule has 0 radical (unpaired) electrons. The lowest BCUT2D eigenvalue weighted by Crippen LogP contribution is -2.26. The Morgan fingerprint density at radius 2 is 1.96 bits per heavy atom. The summed E-state index contributed by atoms with van der Waals surface area (Å²) in [6, 6.07) is 15.2. The molecule has 0 saturated heterocycles. The van der Waals surface area contributed by atoms with Crippen LogP contribution >= 0.6 is 22.9 Å². The number of amidine groups is 1. The van der Waals surface area contributed by atoms with Gasteiger partial charge >= 0.3 is 0 Å². The van der Waals surface area contributed by atoms with Crippen molar-refractivity contribution in [2.24, 2.45) is 0 Å². The molecule has 4 rings (SSSR count). The second-order valence-corrected chi connectivity index (χ2v) is 7.98. The summed E-state index contributed by atoms with van der Waals surface area (Å²) in [6.07, 6.45) is 0. The van der Waals surface area contributed by atoms with Gasteiger partial charge in [0.15, 0.2) is 0 Å². The van der Waals surface area contributed by atoms with E-state index >= 15 is 0 Å². The lowest BCUT2D eigenvalue weighted by Gasteiger charge is -2.19. The predicted octanol–water partition coefficient (Wildman–Crippen LogP) is 5.55. The number of nitrogens with one attached hydrogen (secondary N) is 1. The van der Waals surface area contributed by atoms with Gasteiger partial charge in [-0.15, -0.1) is 11.3 Å². The van der Waals surface area contributed by atoms with Crippen LogP contribution in [0.4, 0.5) is 5.69 Å². The topological polar surface area (TPSA) is 69.4 Å². The molecule has 1 aromatic heterocycles. The number of nitrogens with zero attached hydrogens (tertiary/aromatic N) is 2. The van der Waals surface area contributed by atoms with Gasteiger partial charge in [0.1, 0.15) is 22.4 Å². The van der Waals surface area contributed by atoms with Crippen LogP contribution in [-0.2, 0) is 0 Å². The summed E-state index contributed by atoms with van der Waals surface area (Å²) >= 11 is 7.71. The minimum absolute atomic E-state index is 0.130. The smallest absolute Gasteiger partial charge is 0.139 e. The van der Waals surface area contributed by atoms with Crippen LogP contribution in [0.3, 0.4) is 0 Å². The van der Waals surface area contributed by atoms with Crippen LogP contribution in [0.15, 0.2) is 54.3 Å². The van der Waals surface area contributed by atoms with Gasteiger partial charge in [-0.05, 0) is 25.1 Å². The van der Waals surface area contributed by atoms with Crippen LogP contribution in [0, 0.1) is 12.3 Å². The number of halogens is 1. The first kappa shape index (κ1) is 18.5. The quantitative estimate of drug-likeness (QED) is 0.590. The second kappa shape index (κ2) is 7.30. The van der Waals surface area contributed by atoms with Gasteiger partial charge in [-0.3, -0.25) is 5.41 Å². The van der Waals surface area contributed by atoms with E-state index in [0.717, 1.165) is 16.1 Å². The molecule has 0 spiro atoms. The van der Waals surface area contributed by atoms with Crippen molar-refractivity contribution in [3.05, 3.63) is 69.2 Å². The Balaban J connectivity index is 1.67. The van der Waals surface area contributed by atoms with Crippen LogP contribution in [0.25, 0.3) is 16.8 Å². The molecule has 1 aliphatic heterocycles. The summed E-state index contributed by atoms with van der Waals surface area (Å²) in [7, 11) is 1.55. The molecule has 142 valence electrons. The molecule has 0 amide bonds. The molecule has 0 saturated carbocycles. The zero-order valence-corrected chi connectivity index (χ0v) is 16.9. The maximum absolute atomic E-state index is 10.6. The summed E-state index contributed by atoms with van der Waals surface area (Å²) in [6.45, 7) is 2.21. The molecular formula is C21H18ClN3O2S. The number of aliphatic hydroxyl groups is 1. The second-order valence-electron chi connectivity index (χ2n) is 6.37. The molecule has 1 aliphatic rings. The number of thiazole rings is 1. The molecule has 0 unspecified atom stereocenters. The molecule has 0 bridgehead atoms. The van der Waals surface area contributed by atoms with E-state index < -0.39 is 0 Å². The average Bonchev–Trinajstić information content (AvgIpc) is 3.21. The van der Waals surface area contributed by atoms with Crippen LogP contribution < -0.4 is 9.64 Å². The summed E-state index contributed by atoms with van der Waals surface area (Å²) in [5.74, 6) is 0.897. The van der Waals surface area contributed by atoms with Gasteiger partial charge in [0, 0.05) is 16.1 Å². The fourth-order valence-corrected chi connectivity index (χ4v) is 4.47. The first-order valence-corrected chi connectivity index (χ1v) is 9.84. The van der Waals surface area contributed by atoms with E-state index in [0.29, 0.717) is 27.0 Å². The zero-order chi connectivity index (χ0) is 19.8. The van der Waals surface area contributed by atoms with E-state index in [4.69, 9.17) is 26.7 Å². The maximum Gasteiger partial charge on any atom is 0.139 e. The highest BCUT2D eigenvalue weighted by molar-refractivity contribution is 7.13. The van der Waals surface area contributed by atoms with Crippen LogP contribution in [-0.4, -0.2) is 29.6 Å². The van der Waals surface area contributed by atoms with E-state index in [-0.39, 0.29) is 18.1 Å². The molecule has 3 aromatic rings. The number of aromatic nitrogens is 1. The maximum atomic E-state index is 10.6. The number of ether oxygens (including phenoxy) is 1. The summed E-state index contributed by atoms with van der Waals surface area (Å²) in [4.78, 5) is 7.47. The van der Waals surface area contributed by atoms with Gasteiger partial charge in [0.25, 0.3) is 0 Å². The molecule has 2 heterocycles. The first-order valence-electron chi connectivity index (χ1n) is 8.65. The molecule has 0 aliphatic carbocycles. The number of methoxy groups -OCH3 is 1. The highest BCUT2D eigenvalue weighted by Gasteiger charge is 2.32. The van der Waals surface area contributed by atoms with Crippen LogP contribution in [0.1, 0.15) is 9.88 Å². The monoisotopic (exact) mass is 411 g/mol. The lowest BCUT2D eigenvalue weighted by atomic mass is 10.1. The lowest BCUT2D eigenvalue weighted by molar-refractivity contribution is 0.411. The summed E-state index contributed by atoms with van der Waals surface area (Å²) < 4.78 is 5.19. The van der Waals surface area contributed by atoms with Gasteiger partial charge in [0.2, 0.25) is 0 Å². The molecule has 7 heteroatoms. The fourth-order valence-electron chi connectivity index (χ4n) is 3.22. The Morgan fingerprint density at radius 3 is 2.64 bits per heavy atom. The van der Waals surface area contributed by atoms with E-state index in [9.17, 15) is 5.11 Å².